The molecule has 1 atom stereocenters. The van der Waals surface area contributed by atoms with Crippen molar-refractivity contribution in [3.05, 3.63) is 24.0 Å². The van der Waals surface area contributed by atoms with Crippen molar-refractivity contribution in [3.8, 4) is 0 Å². The van der Waals surface area contributed by atoms with Gasteiger partial charge in [0.25, 0.3) is 0 Å². The van der Waals surface area contributed by atoms with Gasteiger partial charge >= 0.3 is 5.97 Å². The molecule has 1 aromatic rings. The van der Waals surface area contributed by atoms with Crippen molar-refractivity contribution in [1.29, 1.82) is 0 Å². The molecule has 1 aromatic heterocycles. The normalized spacial score (nSPS) is 12.2. The summed E-state index contributed by atoms with van der Waals surface area (Å²) >= 11 is 0. The first-order valence-corrected chi connectivity index (χ1v) is 5.45. The van der Waals surface area contributed by atoms with E-state index in [1.807, 2.05) is 26.8 Å². The topological polar surface area (TPSA) is 53.4 Å². The van der Waals surface area contributed by atoms with Crippen molar-refractivity contribution >= 4 is 11.7 Å². The number of carboxylic acid groups (broad SMARTS) is 1. The van der Waals surface area contributed by atoms with E-state index in [4.69, 9.17) is 5.11 Å². The van der Waals surface area contributed by atoms with Crippen LogP contribution < -0.4 is 4.90 Å². The van der Waals surface area contributed by atoms with Crippen molar-refractivity contribution in [2.45, 2.75) is 33.2 Å². The first kappa shape index (κ1) is 12.5. The van der Waals surface area contributed by atoms with E-state index in [2.05, 4.69) is 9.88 Å². The van der Waals surface area contributed by atoms with Crippen LogP contribution in [0.25, 0.3) is 0 Å². The minimum Gasteiger partial charge on any atom is -0.481 e. The molecule has 0 aromatic carbocycles. The van der Waals surface area contributed by atoms with Crippen LogP contribution in [0.4, 0.5) is 5.69 Å². The van der Waals surface area contributed by atoms with Crippen LogP contribution in [0.2, 0.25) is 0 Å². The second-order valence-corrected chi connectivity index (χ2v) is 3.90. The molecule has 1 N–H and O–H groups in total. The van der Waals surface area contributed by atoms with Gasteiger partial charge in [-0.05, 0) is 32.4 Å². The first-order chi connectivity index (χ1) is 7.56. The highest BCUT2D eigenvalue weighted by Crippen LogP contribution is 2.21. The quantitative estimate of drug-likeness (QED) is 0.828. The standard InChI is InChI=1S/C12H18N2O2/c1-4-14(10(3)7-12(15)16)11-5-6-13-8-9(11)2/h5-6,8,10H,4,7H2,1-3H3,(H,15,16). The van der Waals surface area contributed by atoms with Gasteiger partial charge in [0.05, 0.1) is 6.42 Å². The van der Waals surface area contributed by atoms with Crippen LogP contribution in [-0.2, 0) is 4.79 Å². The number of aromatic nitrogens is 1. The lowest BCUT2D eigenvalue weighted by atomic mass is 10.1. The summed E-state index contributed by atoms with van der Waals surface area (Å²) in [5.41, 5.74) is 2.13. The largest absolute Gasteiger partial charge is 0.481 e. The molecule has 0 radical (unpaired) electrons. The average molecular weight is 222 g/mol. The lowest BCUT2D eigenvalue weighted by Crippen LogP contribution is -2.35. The summed E-state index contributed by atoms with van der Waals surface area (Å²) in [6, 6.07) is 1.92. The highest BCUT2D eigenvalue weighted by molar-refractivity contribution is 5.68. The van der Waals surface area contributed by atoms with Gasteiger partial charge in [-0.25, -0.2) is 0 Å². The number of rotatable bonds is 5. The fourth-order valence-electron chi connectivity index (χ4n) is 1.87. The molecule has 88 valence electrons. The van der Waals surface area contributed by atoms with E-state index >= 15 is 0 Å². The molecule has 0 saturated heterocycles. The van der Waals surface area contributed by atoms with E-state index in [0.717, 1.165) is 17.8 Å². The third-order valence-electron chi connectivity index (χ3n) is 2.64. The number of pyridine rings is 1. The maximum absolute atomic E-state index is 10.7. The van der Waals surface area contributed by atoms with Gasteiger partial charge in [-0.2, -0.15) is 0 Å². The summed E-state index contributed by atoms with van der Waals surface area (Å²) in [7, 11) is 0. The van der Waals surface area contributed by atoms with Crippen LogP contribution >= 0.6 is 0 Å². The van der Waals surface area contributed by atoms with E-state index in [1.165, 1.54) is 0 Å². The number of hydrogen-bond donors (Lipinski definition) is 1. The Kier molecular flexibility index (Phi) is 4.28. The van der Waals surface area contributed by atoms with E-state index in [9.17, 15) is 4.79 Å². The predicted octanol–water partition coefficient (Wildman–Crippen LogP) is 2.08. The summed E-state index contributed by atoms with van der Waals surface area (Å²) < 4.78 is 0. The van der Waals surface area contributed by atoms with Crippen LogP contribution in [0.5, 0.6) is 0 Å². The van der Waals surface area contributed by atoms with Gasteiger partial charge < -0.3 is 10.0 Å². The Labute approximate surface area is 95.9 Å². The molecular formula is C12H18N2O2. The fourth-order valence-corrected chi connectivity index (χ4v) is 1.87. The Morgan fingerprint density at radius 1 is 1.62 bits per heavy atom. The third-order valence-corrected chi connectivity index (χ3v) is 2.64. The number of aliphatic carboxylic acids is 1. The summed E-state index contributed by atoms with van der Waals surface area (Å²) in [5.74, 6) is -0.766. The zero-order chi connectivity index (χ0) is 12.1. The van der Waals surface area contributed by atoms with Gasteiger partial charge in [-0.3, -0.25) is 9.78 Å². The van der Waals surface area contributed by atoms with Crippen LogP contribution in [0, 0.1) is 6.92 Å². The van der Waals surface area contributed by atoms with Gasteiger partial charge in [0.15, 0.2) is 0 Å². The van der Waals surface area contributed by atoms with Crippen molar-refractivity contribution in [3.63, 3.8) is 0 Å². The highest BCUT2D eigenvalue weighted by Gasteiger charge is 2.17. The van der Waals surface area contributed by atoms with Crippen LogP contribution in [0.1, 0.15) is 25.8 Å². The molecule has 1 rings (SSSR count). The maximum Gasteiger partial charge on any atom is 0.305 e. The van der Waals surface area contributed by atoms with Crippen molar-refractivity contribution in [2.75, 3.05) is 11.4 Å². The van der Waals surface area contributed by atoms with Crippen molar-refractivity contribution in [2.24, 2.45) is 0 Å². The summed E-state index contributed by atoms with van der Waals surface area (Å²) in [4.78, 5) is 16.8. The average Bonchev–Trinajstić information content (AvgIpc) is 2.20. The number of carboxylic acids is 1. The molecule has 4 nitrogen and oxygen atoms in total. The second kappa shape index (κ2) is 5.49. The lowest BCUT2D eigenvalue weighted by Gasteiger charge is -2.30. The molecule has 0 saturated carbocycles. The molecular weight excluding hydrogens is 204 g/mol. The number of aryl methyl sites for hydroxylation is 1. The van der Waals surface area contributed by atoms with Crippen molar-refractivity contribution < 1.29 is 9.90 Å². The van der Waals surface area contributed by atoms with E-state index in [1.54, 1.807) is 12.4 Å². The maximum atomic E-state index is 10.7. The molecule has 16 heavy (non-hydrogen) atoms. The molecule has 0 spiro atoms. The summed E-state index contributed by atoms with van der Waals surface area (Å²) in [6.45, 7) is 6.73. The predicted molar refractivity (Wildman–Crippen MR) is 63.7 cm³/mol. The van der Waals surface area contributed by atoms with E-state index in [0.29, 0.717) is 0 Å². The summed E-state index contributed by atoms with van der Waals surface area (Å²) in [6.07, 6.45) is 3.68. The molecule has 0 fully saturated rings. The van der Waals surface area contributed by atoms with E-state index < -0.39 is 5.97 Å². The molecule has 0 aliphatic rings. The smallest absolute Gasteiger partial charge is 0.305 e. The lowest BCUT2D eigenvalue weighted by molar-refractivity contribution is -0.137. The monoisotopic (exact) mass is 222 g/mol. The third kappa shape index (κ3) is 2.95. The van der Waals surface area contributed by atoms with Gasteiger partial charge in [0.1, 0.15) is 0 Å². The zero-order valence-corrected chi connectivity index (χ0v) is 9.97. The van der Waals surface area contributed by atoms with Gasteiger partial charge in [-0.1, -0.05) is 0 Å². The van der Waals surface area contributed by atoms with Crippen molar-refractivity contribution in [1.82, 2.24) is 4.98 Å². The first-order valence-electron chi connectivity index (χ1n) is 5.45. The second-order valence-electron chi connectivity index (χ2n) is 3.90. The number of carbonyl (C=O) groups is 1. The Morgan fingerprint density at radius 2 is 2.31 bits per heavy atom. The molecule has 1 heterocycles. The van der Waals surface area contributed by atoms with Crippen LogP contribution in [0.3, 0.4) is 0 Å². The minimum absolute atomic E-state index is 0.0106. The van der Waals surface area contributed by atoms with E-state index in [-0.39, 0.29) is 12.5 Å². The minimum atomic E-state index is -0.766. The molecule has 1 unspecified atom stereocenters. The van der Waals surface area contributed by atoms with Gasteiger partial charge in [0, 0.05) is 30.7 Å². The number of hydrogen-bond acceptors (Lipinski definition) is 3. The Hall–Kier alpha value is -1.58. The van der Waals surface area contributed by atoms with Gasteiger partial charge in [0.2, 0.25) is 0 Å². The molecule has 0 aliphatic heterocycles. The molecule has 4 heteroatoms. The highest BCUT2D eigenvalue weighted by atomic mass is 16.4. The molecule has 0 amide bonds. The van der Waals surface area contributed by atoms with Crippen LogP contribution in [0.15, 0.2) is 18.5 Å². The summed E-state index contributed by atoms with van der Waals surface area (Å²) in [5, 5.41) is 8.81. The Bertz CT molecular complexity index is 366. The van der Waals surface area contributed by atoms with Crippen LogP contribution in [-0.4, -0.2) is 28.6 Å². The Balaban J connectivity index is 2.90. The molecule has 0 bridgehead atoms. The zero-order valence-electron chi connectivity index (χ0n) is 9.97. The fraction of sp³-hybridized carbons (Fsp3) is 0.500. The van der Waals surface area contributed by atoms with Gasteiger partial charge in [-0.15, -0.1) is 0 Å². The SMILES string of the molecule is CCN(c1ccncc1C)C(C)CC(=O)O. The Morgan fingerprint density at radius 3 is 2.81 bits per heavy atom. The number of anilines is 1. The molecule has 0 aliphatic carbocycles. The number of nitrogens with zero attached hydrogens (tertiary/aromatic N) is 2.